The van der Waals surface area contributed by atoms with Crippen molar-refractivity contribution in [3.8, 4) is 0 Å². The van der Waals surface area contributed by atoms with Crippen LogP contribution in [0.25, 0.3) is 0 Å². The quantitative estimate of drug-likeness (QED) is 0.763. The van der Waals surface area contributed by atoms with E-state index < -0.39 is 0 Å². The van der Waals surface area contributed by atoms with E-state index in [1.807, 2.05) is 9.58 Å². The highest BCUT2D eigenvalue weighted by molar-refractivity contribution is 5.80. The molecule has 8 heteroatoms. The number of hydrazine groups is 1. The predicted molar refractivity (Wildman–Crippen MR) is 77.5 cm³/mol. The van der Waals surface area contributed by atoms with Crippen molar-refractivity contribution >= 4 is 5.91 Å². The Kier molecular flexibility index (Phi) is 3.59. The van der Waals surface area contributed by atoms with Crippen molar-refractivity contribution in [2.75, 3.05) is 19.6 Å². The number of likely N-dealkylation sites (tertiary alicyclic amines) is 1. The van der Waals surface area contributed by atoms with Crippen molar-refractivity contribution in [2.24, 2.45) is 5.92 Å². The maximum Gasteiger partial charge on any atom is 0.228 e. The molecule has 4 heterocycles. The monoisotopic (exact) mass is 306 g/mol. The molecule has 4 rings (SSSR count). The topological polar surface area (TPSA) is 84.3 Å². The van der Waals surface area contributed by atoms with Gasteiger partial charge >= 0.3 is 0 Å². The molecule has 3 aliphatic rings. The molecular weight excluding hydrogens is 284 g/mol. The number of carbonyl (C=O) groups is 1. The van der Waals surface area contributed by atoms with Crippen LogP contribution in [0.1, 0.15) is 31.5 Å². The molecule has 0 bridgehead atoms. The summed E-state index contributed by atoms with van der Waals surface area (Å²) >= 11 is 0. The number of carbonyl (C=O) groups excluding carboxylic acids is 1. The Morgan fingerprint density at radius 2 is 2.45 bits per heavy atom. The number of fused-ring (bicyclic) bond motifs is 3. The fourth-order valence-electron chi connectivity index (χ4n) is 3.80. The van der Waals surface area contributed by atoms with Crippen LogP contribution >= 0.6 is 0 Å². The standard InChI is InChI=1S/C14H22N6O2/c1-2-11-10(6-15-17-11)14(21)19-4-3-13-12(7-19)20-9(8-22-13)5-16-18-20/h5,10-13,15,17H,2-4,6-8H2,1H3/t10?,11?,12-,13-/m1/s1. The summed E-state index contributed by atoms with van der Waals surface area (Å²) in [7, 11) is 0. The minimum atomic E-state index is 0.0151. The van der Waals surface area contributed by atoms with Gasteiger partial charge in [-0.3, -0.25) is 15.6 Å². The summed E-state index contributed by atoms with van der Waals surface area (Å²) in [5.41, 5.74) is 7.30. The van der Waals surface area contributed by atoms with E-state index >= 15 is 0 Å². The van der Waals surface area contributed by atoms with E-state index in [2.05, 4.69) is 28.1 Å². The summed E-state index contributed by atoms with van der Waals surface area (Å²) < 4.78 is 7.84. The normalized spacial score (nSPS) is 34.3. The zero-order chi connectivity index (χ0) is 15.1. The number of hydrogen-bond acceptors (Lipinski definition) is 6. The fraction of sp³-hybridized carbons (Fsp3) is 0.786. The molecule has 2 N–H and O–H groups in total. The summed E-state index contributed by atoms with van der Waals surface area (Å²) in [5, 5.41) is 8.16. The van der Waals surface area contributed by atoms with Crippen LogP contribution in [-0.2, 0) is 16.1 Å². The molecule has 0 spiro atoms. The SMILES string of the molecule is CCC1NNCC1C(=O)N1CC[C@H]2OCc3cnnn3[C@@H]2C1. The van der Waals surface area contributed by atoms with E-state index in [0.717, 1.165) is 25.1 Å². The number of rotatable bonds is 2. The highest BCUT2D eigenvalue weighted by Gasteiger charge is 2.41. The van der Waals surface area contributed by atoms with Crippen molar-refractivity contribution in [3.63, 3.8) is 0 Å². The number of amides is 1. The van der Waals surface area contributed by atoms with Gasteiger partial charge in [-0.2, -0.15) is 0 Å². The second-order valence-corrected chi connectivity index (χ2v) is 6.31. The number of nitrogens with one attached hydrogen (secondary N) is 2. The molecule has 2 saturated heterocycles. The van der Waals surface area contributed by atoms with Crippen LogP contribution in [0.5, 0.6) is 0 Å². The van der Waals surface area contributed by atoms with Gasteiger partial charge in [-0.05, 0) is 12.8 Å². The van der Waals surface area contributed by atoms with E-state index in [0.29, 0.717) is 19.7 Å². The van der Waals surface area contributed by atoms with Crippen LogP contribution in [0.15, 0.2) is 6.20 Å². The molecule has 0 radical (unpaired) electrons. The Labute approximate surface area is 129 Å². The van der Waals surface area contributed by atoms with Crippen LogP contribution in [-0.4, -0.2) is 57.6 Å². The summed E-state index contributed by atoms with van der Waals surface area (Å²) in [6.07, 6.45) is 3.69. The third-order valence-corrected chi connectivity index (χ3v) is 5.09. The Morgan fingerprint density at radius 1 is 1.55 bits per heavy atom. The van der Waals surface area contributed by atoms with Crippen molar-refractivity contribution in [1.29, 1.82) is 0 Å². The molecule has 4 atom stereocenters. The number of hydrogen-bond donors (Lipinski definition) is 2. The van der Waals surface area contributed by atoms with Gasteiger partial charge in [0.1, 0.15) is 0 Å². The van der Waals surface area contributed by atoms with Gasteiger partial charge in [-0.15, -0.1) is 5.10 Å². The van der Waals surface area contributed by atoms with Crippen LogP contribution in [0.3, 0.4) is 0 Å². The van der Waals surface area contributed by atoms with Gasteiger partial charge in [-0.1, -0.05) is 12.1 Å². The maximum absolute atomic E-state index is 12.9. The lowest BCUT2D eigenvalue weighted by Gasteiger charge is -2.41. The van der Waals surface area contributed by atoms with E-state index in [1.54, 1.807) is 6.20 Å². The summed E-state index contributed by atoms with van der Waals surface area (Å²) in [5.74, 6) is 0.247. The van der Waals surface area contributed by atoms with Crippen molar-refractivity contribution in [2.45, 2.75) is 44.6 Å². The van der Waals surface area contributed by atoms with Gasteiger partial charge in [0.15, 0.2) is 0 Å². The molecular formula is C14H22N6O2. The molecule has 2 fully saturated rings. The molecule has 1 amide bonds. The predicted octanol–water partition coefficient (Wildman–Crippen LogP) is -0.547. The Morgan fingerprint density at radius 3 is 3.32 bits per heavy atom. The number of aromatic nitrogens is 3. The number of ether oxygens (including phenoxy) is 1. The third-order valence-electron chi connectivity index (χ3n) is 5.09. The fourth-order valence-corrected chi connectivity index (χ4v) is 3.80. The van der Waals surface area contributed by atoms with Crippen molar-refractivity contribution in [3.05, 3.63) is 11.9 Å². The van der Waals surface area contributed by atoms with Gasteiger partial charge in [-0.25, -0.2) is 4.68 Å². The first-order valence-corrected chi connectivity index (χ1v) is 8.05. The van der Waals surface area contributed by atoms with Gasteiger partial charge in [0.05, 0.1) is 36.6 Å². The second kappa shape index (κ2) is 5.60. The average Bonchev–Trinajstić information content (AvgIpc) is 3.22. The van der Waals surface area contributed by atoms with E-state index in [-0.39, 0.29) is 30.0 Å². The Hall–Kier alpha value is -1.51. The van der Waals surface area contributed by atoms with Gasteiger partial charge < -0.3 is 9.64 Å². The van der Waals surface area contributed by atoms with Crippen LogP contribution in [0, 0.1) is 5.92 Å². The molecule has 22 heavy (non-hydrogen) atoms. The number of nitrogens with zero attached hydrogens (tertiary/aromatic N) is 4. The highest BCUT2D eigenvalue weighted by atomic mass is 16.5. The van der Waals surface area contributed by atoms with E-state index in [1.165, 1.54) is 0 Å². The largest absolute Gasteiger partial charge is 0.370 e. The maximum atomic E-state index is 12.9. The minimum Gasteiger partial charge on any atom is -0.370 e. The molecule has 0 aliphatic carbocycles. The number of piperidine rings is 1. The van der Waals surface area contributed by atoms with Crippen molar-refractivity contribution < 1.29 is 9.53 Å². The van der Waals surface area contributed by atoms with Crippen LogP contribution in [0.2, 0.25) is 0 Å². The van der Waals surface area contributed by atoms with Gasteiger partial charge in [0, 0.05) is 25.7 Å². The minimum absolute atomic E-state index is 0.0151. The lowest BCUT2D eigenvalue weighted by Crippen LogP contribution is -2.52. The zero-order valence-electron chi connectivity index (χ0n) is 12.7. The van der Waals surface area contributed by atoms with Crippen LogP contribution < -0.4 is 10.9 Å². The molecule has 120 valence electrons. The van der Waals surface area contributed by atoms with Gasteiger partial charge in [0.2, 0.25) is 5.91 Å². The first-order valence-electron chi connectivity index (χ1n) is 8.05. The van der Waals surface area contributed by atoms with Gasteiger partial charge in [0.25, 0.3) is 0 Å². The zero-order valence-corrected chi connectivity index (χ0v) is 12.7. The molecule has 0 saturated carbocycles. The summed E-state index contributed by atoms with van der Waals surface area (Å²) in [4.78, 5) is 14.8. The molecule has 2 unspecified atom stereocenters. The molecule has 1 aromatic rings. The Balaban J connectivity index is 1.50. The average molecular weight is 306 g/mol. The molecule has 1 aromatic heterocycles. The van der Waals surface area contributed by atoms with Crippen molar-refractivity contribution in [1.82, 2.24) is 30.7 Å². The lowest BCUT2D eigenvalue weighted by molar-refractivity contribution is -0.142. The highest BCUT2D eigenvalue weighted by Crippen LogP contribution is 2.31. The first-order chi connectivity index (χ1) is 10.8. The van der Waals surface area contributed by atoms with E-state index in [9.17, 15) is 4.79 Å². The molecule has 8 nitrogen and oxygen atoms in total. The van der Waals surface area contributed by atoms with Crippen LogP contribution in [0.4, 0.5) is 0 Å². The Bertz CT molecular complexity index is 561. The molecule has 3 aliphatic heterocycles. The lowest BCUT2D eigenvalue weighted by atomic mass is 9.95. The smallest absolute Gasteiger partial charge is 0.228 e. The third kappa shape index (κ3) is 2.22. The molecule has 0 aromatic carbocycles. The first kappa shape index (κ1) is 14.1. The summed E-state index contributed by atoms with van der Waals surface area (Å²) in [6.45, 7) is 4.79. The summed E-state index contributed by atoms with van der Waals surface area (Å²) in [6, 6.07) is 0.307. The van der Waals surface area contributed by atoms with E-state index in [4.69, 9.17) is 4.74 Å². The second-order valence-electron chi connectivity index (χ2n) is 6.31.